The van der Waals surface area contributed by atoms with Gasteiger partial charge in [0.2, 0.25) is 0 Å². The summed E-state index contributed by atoms with van der Waals surface area (Å²) in [5, 5.41) is 8.69. The maximum atomic E-state index is 11.0. The largest absolute Gasteiger partial charge is 0.376 e. The number of nitrogens with zero attached hydrogens (tertiary/aromatic N) is 1. The Labute approximate surface area is 59.9 Å². The predicted molar refractivity (Wildman–Crippen MR) is 37.2 cm³/mol. The third-order valence-electron chi connectivity index (χ3n) is 1.79. The minimum absolute atomic E-state index is 0.116. The zero-order valence-corrected chi connectivity index (χ0v) is 6.00. The fourth-order valence-electron chi connectivity index (χ4n) is 1.16. The van der Waals surface area contributed by atoms with E-state index in [1.807, 2.05) is 6.92 Å². The maximum Gasteiger partial charge on any atom is 0.251 e. The second-order valence-electron chi connectivity index (χ2n) is 2.57. The number of aliphatic hydroxyl groups is 1. The molecular formula is C7H11NO2. The quantitative estimate of drug-likeness (QED) is 0.527. The minimum atomic E-state index is -0.195. The van der Waals surface area contributed by atoms with Gasteiger partial charge in [-0.25, -0.2) is 0 Å². The lowest BCUT2D eigenvalue weighted by Crippen LogP contribution is -2.31. The van der Waals surface area contributed by atoms with Crippen LogP contribution in [-0.2, 0) is 4.79 Å². The van der Waals surface area contributed by atoms with Crippen LogP contribution in [0.2, 0.25) is 0 Å². The van der Waals surface area contributed by atoms with Crippen LogP contribution in [0.15, 0.2) is 12.2 Å². The van der Waals surface area contributed by atoms with Crippen molar-refractivity contribution in [3.05, 3.63) is 12.2 Å². The van der Waals surface area contributed by atoms with Crippen LogP contribution in [0.1, 0.15) is 13.3 Å². The summed E-state index contributed by atoms with van der Waals surface area (Å²) in [6.45, 7) is 5.28. The Kier molecular flexibility index (Phi) is 1.76. The second-order valence-corrected chi connectivity index (χ2v) is 2.57. The van der Waals surface area contributed by atoms with Crippen LogP contribution in [0.5, 0.6) is 0 Å². The monoisotopic (exact) mass is 141 g/mol. The zero-order chi connectivity index (χ0) is 7.72. The fraction of sp³-hybridized carbons (Fsp3) is 0.571. The molecule has 1 amide bonds. The normalized spacial score (nSPS) is 26.2. The molecule has 1 heterocycles. The number of carbonyl (C=O) groups is 1. The van der Waals surface area contributed by atoms with Crippen molar-refractivity contribution < 1.29 is 9.90 Å². The molecule has 1 atom stereocenters. The van der Waals surface area contributed by atoms with Crippen LogP contribution in [0.3, 0.4) is 0 Å². The molecule has 0 aliphatic carbocycles. The molecule has 0 bridgehead atoms. The summed E-state index contributed by atoms with van der Waals surface area (Å²) in [7, 11) is 0. The highest BCUT2D eigenvalue weighted by molar-refractivity contribution is 5.95. The Morgan fingerprint density at radius 2 is 2.50 bits per heavy atom. The highest BCUT2D eigenvalue weighted by Gasteiger charge is 2.29. The van der Waals surface area contributed by atoms with Crippen molar-refractivity contribution in [3.63, 3.8) is 0 Å². The van der Waals surface area contributed by atoms with E-state index in [1.54, 1.807) is 0 Å². The maximum absolute atomic E-state index is 11.0. The van der Waals surface area contributed by atoms with Crippen LogP contribution < -0.4 is 0 Å². The lowest BCUT2D eigenvalue weighted by molar-refractivity contribution is -0.129. The van der Waals surface area contributed by atoms with E-state index in [0.717, 1.165) is 0 Å². The zero-order valence-electron chi connectivity index (χ0n) is 6.00. The van der Waals surface area contributed by atoms with Crippen molar-refractivity contribution in [3.8, 4) is 0 Å². The summed E-state index contributed by atoms with van der Waals surface area (Å²) in [6, 6.07) is 0.116. The predicted octanol–water partition coefficient (Wildman–Crippen LogP) is 0.113. The van der Waals surface area contributed by atoms with Crippen molar-refractivity contribution in [1.82, 2.24) is 4.90 Å². The first-order valence-corrected chi connectivity index (χ1v) is 3.26. The van der Waals surface area contributed by atoms with Crippen LogP contribution in [-0.4, -0.2) is 28.7 Å². The molecule has 0 aromatic carbocycles. The second kappa shape index (κ2) is 2.42. The fourth-order valence-corrected chi connectivity index (χ4v) is 1.16. The summed E-state index contributed by atoms with van der Waals surface area (Å²) < 4.78 is 0. The van der Waals surface area contributed by atoms with Gasteiger partial charge in [-0.3, -0.25) is 4.79 Å². The molecule has 0 spiro atoms. The average Bonchev–Trinajstić information content (AvgIpc) is 2.09. The Morgan fingerprint density at radius 3 is 2.70 bits per heavy atom. The Balaban J connectivity index is 2.74. The van der Waals surface area contributed by atoms with Crippen molar-refractivity contribution in [2.45, 2.75) is 19.4 Å². The number of amides is 1. The molecule has 3 nitrogen and oxygen atoms in total. The average molecular weight is 141 g/mol. The molecule has 0 saturated carbocycles. The summed E-state index contributed by atoms with van der Waals surface area (Å²) in [4.78, 5) is 12.4. The van der Waals surface area contributed by atoms with Gasteiger partial charge < -0.3 is 10.0 Å². The number of hydrogen-bond acceptors (Lipinski definition) is 2. The molecular weight excluding hydrogens is 130 g/mol. The van der Waals surface area contributed by atoms with E-state index in [1.165, 1.54) is 4.90 Å². The molecule has 0 radical (unpaired) electrons. The van der Waals surface area contributed by atoms with E-state index in [-0.39, 0.29) is 18.7 Å². The van der Waals surface area contributed by atoms with Crippen molar-refractivity contribution in [2.24, 2.45) is 0 Å². The highest BCUT2D eigenvalue weighted by Crippen LogP contribution is 2.20. The smallest absolute Gasteiger partial charge is 0.251 e. The van der Waals surface area contributed by atoms with E-state index in [0.29, 0.717) is 12.0 Å². The van der Waals surface area contributed by atoms with E-state index in [4.69, 9.17) is 5.11 Å². The van der Waals surface area contributed by atoms with Gasteiger partial charge in [0, 0.05) is 11.6 Å². The Bertz CT molecular complexity index is 176. The standard InChI is InChI=1S/C7H11NO2/c1-5-3-6(2)8(4-9)7(5)10/h6,9H,1,3-4H2,2H3. The molecule has 1 rings (SSSR count). The molecule has 1 N–H and O–H groups in total. The molecule has 1 aliphatic heterocycles. The molecule has 1 unspecified atom stereocenters. The van der Waals surface area contributed by atoms with Gasteiger partial charge in [-0.15, -0.1) is 0 Å². The van der Waals surface area contributed by atoms with Crippen LogP contribution >= 0.6 is 0 Å². The summed E-state index contributed by atoms with van der Waals surface area (Å²) in [6.07, 6.45) is 0.680. The summed E-state index contributed by atoms with van der Waals surface area (Å²) in [5.74, 6) is -0.116. The van der Waals surface area contributed by atoms with Gasteiger partial charge >= 0.3 is 0 Å². The molecule has 10 heavy (non-hydrogen) atoms. The van der Waals surface area contributed by atoms with Gasteiger partial charge in [0.15, 0.2) is 0 Å². The van der Waals surface area contributed by atoms with Crippen LogP contribution in [0.25, 0.3) is 0 Å². The van der Waals surface area contributed by atoms with Crippen molar-refractivity contribution in [2.75, 3.05) is 6.73 Å². The van der Waals surface area contributed by atoms with E-state index in [2.05, 4.69) is 6.58 Å². The molecule has 1 saturated heterocycles. The molecule has 1 fully saturated rings. The van der Waals surface area contributed by atoms with Gasteiger partial charge in [-0.1, -0.05) is 6.58 Å². The van der Waals surface area contributed by atoms with Gasteiger partial charge in [0.25, 0.3) is 5.91 Å². The first-order valence-electron chi connectivity index (χ1n) is 3.26. The number of rotatable bonds is 1. The van der Waals surface area contributed by atoms with Crippen molar-refractivity contribution in [1.29, 1.82) is 0 Å². The lowest BCUT2D eigenvalue weighted by atomic mass is 10.2. The van der Waals surface area contributed by atoms with E-state index in [9.17, 15) is 4.79 Å². The van der Waals surface area contributed by atoms with Crippen molar-refractivity contribution >= 4 is 5.91 Å². The van der Waals surface area contributed by atoms with Gasteiger partial charge in [0.1, 0.15) is 6.73 Å². The third-order valence-corrected chi connectivity index (χ3v) is 1.79. The molecule has 1 aliphatic rings. The van der Waals surface area contributed by atoms with Gasteiger partial charge in [-0.05, 0) is 13.3 Å². The Hall–Kier alpha value is -0.830. The number of carbonyl (C=O) groups excluding carboxylic acids is 1. The summed E-state index contributed by atoms with van der Waals surface area (Å²) >= 11 is 0. The topological polar surface area (TPSA) is 40.5 Å². The lowest BCUT2D eigenvalue weighted by Gasteiger charge is -2.16. The van der Waals surface area contributed by atoms with E-state index >= 15 is 0 Å². The third kappa shape index (κ3) is 0.926. The molecule has 0 aromatic rings. The van der Waals surface area contributed by atoms with Crippen LogP contribution in [0.4, 0.5) is 0 Å². The van der Waals surface area contributed by atoms with Gasteiger partial charge in [0.05, 0.1) is 0 Å². The summed E-state index contributed by atoms with van der Waals surface area (Å²) in [5.41, 5.74) is 0.599. The van der Waals surface area contributed by atoms with Crippen LogP contribution in [0, 0.1) is 0 Å². The van der Waals surface area contributed by atoms with Gasteiger partial charge in [-0.2, -0.15) is 0 Å². The number of aliphatic hydroxyl groups excluding tert-OH is 1. The highest BCUT2D eigenvalue weighted by atomic mass is 16.3. The number of likely N-dealkylation sites (tertiary alicyclic amines) is 1. The number of hydrogen-bond donors (Lipinski definition) is 1. The molecule has 0 aromatic heterocycles. The Morgan fingerprint density at radius 1 is 1.90 bits per heavy atom. The molecule has 56 valence electrons. The van der Waals surface area contributed by atoms with E-state index < -0.39 is 0 Å². The first kappa shape index (κ1) is 7.28. The SMILES string of the molecule is C=C1CC(C)N(CO)C1=O. The molecule has 3 heteroatoms. The first-order chi connectivity index (χ1) is 4.66. The minimum Gasteiger partial charge on any atom is -0.376 e.